The number of ether oxygens (including phenoxy) is 1. The van der Waals surface area contributed by atoms with Gasteiger partial charge in [0, 0.05) is 18.3 Å². The molecule has 0 radical (unpaired) electrons. The average molecular weight is 282 g/mol. The van der Waals surface area contributed by atoms with Crippen LogP contribution in [0.4, 0.5) is 0 Å². The van der Waals surface area contributed by atoms with Crippen molar-refractivity contribution in [2.45, 2.75) is 32.2 Å². The number of nitrogens with zero attached hydrogens (tertiary/aromatic N) is 2. The van der Waals surface area contributed by atoms with Crippen molar-refractivity contribution < 1.29 is 4.74 Å². The first kappa shape index (κ1) is 14.1. The van der Waals surface area contributed by atoms with Crippen molar-refractivity contribution in [3.63, 3.8) is 0 Å². The lowest BCUT2D eigenvalue weighted by Crippen LogP contribution is -2.33. The van der Waals surface area contributed by atoms with Gasteiger partial charge in [-0.3, -0.25) is 4.90 Å². The summed E-state index contributed by atoms with van der Waals surface area (Å²) in [6.07, 6.45) is 5.82. The molecule has 2 heterocycles. The zero-order chi connectivity index (χ0) is 14.5. The van der Waals surface area contributed by atoms with E-state index < -0.39 is 0 Å². The molecule has 0 saturated carbocycles. The Bertz CT molecular complexity index is 553. The molecule has 1 atom stereocenters. The van der Waals surface area contributed by atoms with Gasteiger partial charge in [0.2, 0.25) is 5.88 Å². The van der Waals surface area contributed by atoms with Gasteiger partial charge in [-0.25, -0.2) is 4.98 Å². The molecule has 0 aliphatic carbocycles. The maximum Gasteiger partial charge on any atom is 0.219 e. The van der Waals surface area contributed by atoms with E-state index in [-0.39, 0.29) is 0 Å². The maximum absolute atomic E-state index is 5.75. The molecular formula is C18H22N2O. The Morgan fingerprint density at radius 3 is 2.71 bits per heavy atom. The molecule has 21 heavy (non-hydrogen) atoms. The van der Waals surface area contributed by atoms with Crippen LogP contribution in [0.2, 0.25) is 0 Å². The van der Waals surface area contributed by atoms with Gasteiger partial charge >= 0.3 is 0 Å². The standard InChI is InChI=1S/C18H22N2O/c1-2-20-13-7-6-10-17(20)15-11-12-18(19-14-15)21-16-8-4-3-5-9-16/h3-5,8-9,11-12,14,17H,2,6-7,10,13H2,1H3. The van der Waals surface area contributed by atoms with E-state index in [1.165, 1.54) is 31.4 Å². The first-order chi connectivity index (χ1) is 10.4. The smallest absolute Gasteiger partial charge is 0.219 e. The van der Waals surface area contributed by atoms with E-state index in [0.717, 1.165) is 12.3 Å². The fourth-order valence-electron chi connectivity index (χ4n) is 3.01. The minimum absolute atomic E-state index is 0.516. The molecule has 0 N–H and O–H groups in total. The van der Waals surface area contributed by atoms with Crippen LogP contribution >= 0.6 is 0 Å². The van der Waals surface area contributed by atoms with Crippen molar-refractivity contribution in [1.82, 2.24) is 9.88 Å². The summed E-state index contributed by atoms with van der Waals surface area (Å²) in [6, 6.07) is 14.4. The van der Waals surface area contributed by atoms with Gasteiger partial charge in [0.1, 0.15) is 5.75 Å². The van der Waals surface area contributed by atoms with Gasteiger partial charge in [-0.05, 0) is 43.6 Å². The summed E-state index contributed by atoms with van der Waals surface area (Å²) >= 11 is 0. The molecule has 110 valence electrons. The fourth-order valence-corrected chi connectivity index (χ4v) is 3.01. The van der Waals surface area contributed by atoms with Gasteiger partial charge in [0.05, 0.1) is 0 Å². The Morgan fingerprint density at radius 1 is 1.14 bits per heavy atom. The lowest BCUT2D eigenvalue weighted by atomic mass is 9.96. The largest absolute Gasteiger partial charge is 0.439 e. The van der Waals surface area contributed by atoms with Crippen LogP contribution in [-0.4, -0.2) is 23.0 Å². The molecular weight excluding hydrogens is 260 g/mol. The lowest BCUT2D eigenvalue weighted by Gasteiger charge is -2.35. The van der Waals surface area contributed by atoms with E-state index in [0.29, 0.717) is 11.9 Å². The van der Waals surface area contributed by atoms with Gasteiger partial charge in [-0.2, -0.15) is 0 Å². The lowest BCUT2D eigenvalue weighted by molar-refractivity contribution is 0.157. The minimum Gasteiger partial charge on any atom is -0.439 e. The Balaban J connectivity index is 1.71. The van der Waals surface area contributed by atoms with Crippen LogP contribution < -0.4 is 4.74 Å². The van der Waals surface area contributed by atoms with Gasteiger partial charge in [0.15, 0.2) is 0 Å². The molecule has 3 nitrogen and oxygen atoms in total. The molecule has 3 rings (SSSR count). The third-order valence-electron chi connectivity index (χ3n) is 4.13. The molecule has 1 aliphatic heterocycles. The van der Waals surface area contributed by atoms with Crippen molar-refractivity contribution in [2.24, 2.45) is 0 Å². The van der Waals surface area contributed by atoms with Gasteiger partial charge in [-0.1, -0.05) is 37.6 Å². The van der Waals surface area contributed by atoms with Crippen molar-refractivity contribution in [2.75, 3.05) is 13.1 Å². The van der Waals surface area contributed by atoms with Crippen LogP contribution in [0.3, 0.4) is 0 Å². The molecule has 1 aliphatic rings. The van der Waals surface area contributed by atoms with Crippen LogP contribution in [0.25, 0.3) is 0 Å². The highest BCUT2D eigenvalue weighted by molar-refractivity contribution is 5.28. The second-order valence-corrected chi connectivity index (χ2v) is 5.49. The monoisotopic (exact) mass is 282 g/mol. The van der Waals surface area contributed by atoms with E-state index >= 15 is 0 Å². The van der Waals surface area contributed by atoms with Crippen molar-refractivity contribution in [3.05, 3.63) is 54.2 Å². The maximum atomic E-state index is 5.75. The Morgan fingerprint density at radius 2 is 2.00 bits per heavy atom. The number of rotatable bonds is 4. The van der Waals surface area contributed by atoms with E-state index in [1.807, 2.05) is 42.6 Å². The topological polar surface area (TPSA) is 25.4 Å². The number of hydrogen-bond acceptors (Lipinski definition) is 3. The summed E-state index contributed by atoms with van der Waals surface area (Å²) in [5, 5.41) is 0. The average Bonchev–Trinajstić information content (AvgIpc) is 2.56. The second kappa shape index (κ2) is 6.72. The van der Waals surface area contributed by atoms with Gasteiger partial charge in [0.25, 0.3) is 0 Å². The van der Waals surface area contributed by atoms with Gasteiger partial charge in [-0.15, -0.1) is 0 Å². The van der Waals surface area contributed by atoms with Crippen molar-refractivity contribution in [3.8, 4) is 11.6 Å². The number of piperidine rings is 1. The molecule has 1 aromatic carbocycles. The number of likely N-dealkylation sites (tertiary alicyclic amines) is 1. The highest BCUT2D eigenvalue weighted by Gasteiger charge is 2.22. The summed E-state index contributed by atoms with van der Waals surface area (Å²) in [6.45, 7) is 4.54. The van der Waals surface area contributed by atoms with Crippen LogP contribution in [0.5, 0.6) is 11.6 Å². The Kier molecular flexibility index (Phi) is 4.51. The number of benzene rings is 1. The highest BCUT2D eigenvalue weighted by atomic mass is 16.5. The van der Waals surface area contributed by atoms with Crippen LogP contribution in [-0.2, 0) is 0 Å². The summed E-state index contributed by atoms with van der Waals surface area (Å²) in [7, 11) is 0. The molecule has 1 unspecified atom stereocenters. The summed E-state index contributed by atoms with van der Waals surface area (Å²) in [5.74, 6) is 1.48. The highest BCUT2D eigenvalue weighted by Crippen LogP contribution is 2.31. The normalized spacial score (nSPS) is 19.4. The number of pyridine rings is 1. The van der Waals surface area contributed by atoms with Crippen LogP contribution in [0.15, 0.2) is 48.7 Å². The molecule has 0 spiro atoms. The van der Waals surface area contributed by atoms with E-state index in [1.54, 1.807) is 0 Å². The van der Waals surface area contributed by atoms with Crippen molar-refractivity contribution in [1.29, 1.82) is 0 Å². The van der Waals surface area contributed by atoms with Gasteiger partial charge < -0.3 is 4.74 Å². The predicted molar refractivity (Wildman–Crippen MR) is 84.6 cm³/mol. The SMILES string of the molecule is CCN1CCCCC1c1ccc(Oc2ccccc2)nc1. The first-order valence-electron chi connectivity index (χ1n) is 7.79. The Hall–Kier alpha value is -1.87. The third-order valence-corrected chi connectivity index (χ3v) is 4.13. The molecule has 0 amide bonds. The molecule has 1 aromatic heterocycles. The molecule has 0 bridgehead atoms. The molecule has 1 fully saturated rings. The van der Waals surface area contributed by atoms with E-state index in [4.69, 9.17) is 4.74 Å². The summed E-state index contributed by atoms with van der Waals surface area (Å²) in [5.41, 5.74) is 1.30. The second-order valence-electron chi connectivity index (χ2n) is 5.49. The third kappa shape index (κ3) is 3.42. The number of aromatic nitrogens is 1. The quantitative estimate of drug-likeness (QED) is 0.830. The van der Waals surface area contributed by atoms with Crippen LogP contribution in [0, 0.1) is 0 Å². The molecule has 1 saturated heterocycles. The predicted octanol–water partition coefficient (Wildman–Crippen LogP) is 4.42. The molecule has 3 heteroatoms. The molecule has 2 aromatic rings. The zero-order valence-electron chi connectivity index (χ0n) is 12.5. The Labute approximate surface area is 126 Å². The fraction of sp³-hybridized carbons (Fsp3) is 0.389. The zero-order valence-corrected chi connectivity index (χ0v) is 12.5. The summed E-state index contributed by atoms with van der Waals surface area (Å²) in [4.78, 5) is 7.01. The minimum atomic E-state index is 0.516. The number of para-hydroxylation sites is 1. The first-order valence-corrected chi connectivity index (χ1v) is 7.79. The van der Waals surface area contributed by atoms with Crippen molar-refractivity contribution >= 4 is 0 Å². The van der Waals surface area contributed by atoms with E-state index in [9.17, 15) is 0 Å². The van der Waals surface area contributed by atoms with E-state index in [2.05, 4.69) is 22.9 Å². The number of hydrogen-bond donors (Lipinski definition) is 0. The van der Waals surface area contributed by atoms with Crippen LogP contribution in [0.1, 0.15) is 37.8 Å². The summed E-state index contributed by atoms with van der Waals surface area (Å²) < 4.78 is 5.75.